The zero-order valence-electron chi connectivity index (χ0n) is 10.7. The van der Waals surface area contributed by atoms with Crippen molar-refractivity contribution < 1.29 is 0 Å². The second kappa shape index (κ2) is 5.87. The van der Waals surface area contributed by atoms with E-state index in [9.17, 15) is 0 Å². The Balaban J connectivity index is 2.31. The molecule has 0 fully saturated rings. The molecule has 0 saturated carbocycles. The number of anilines is 1. The van der Waals surface area contributed by atoms with Crippen LogP contribution in [0.1, 0.15) is 24.5 Å². The highest BCUT2D eigenvalue weighted by Crippen LogP contribution is 2.31. The predicted octanol–water partition coefficient (Wildman–Crippen LogP) is 3.47. The molecule has 4 heteroatoms. The van der Waals surface area contributed by atoms with Gasteiger partial charge in [0.15, 0.2) is 0 Å². The standard InChI is InChI=1S/C14H17N3S/c1-3-5-12-13(15)16-9-17-14(12)18-11-7-4-6-10(2)8-11/h4,6-9H,3,5H2,1-2H3,(H2,15,16,17). The number of hydrogen-bond donors (Lipinski definition) is 1. The lowest BCUT2D eigenvalue weighted by molar-refractivity contribution is 0.861. The van der Waals surface area contributed by atoms with Crippen LogP contribution in [0.15, 0.2) is 40.5 Å². The Morgan fingerprint density at radius 2 is 2.11 bits per heavy atom. The number of hydrogen-bond acceptors (Lipinski definition) is 4. The summed E-state index contributed by atoms with van der Waals surface area (Å²) in [6.45, 7) is 4.22. The molecule has 1 aromatic heterocycles. The zero-order valence-corrected chi connectivity index (χ0v) is 11.5. The van der Waals surface area contributed by atoms with Crippen LogP contribution in [0.2, 0.25) is 0 Å². The number of benzene rings is 1. The molecule has 0 aliphatic rings. The molecule has 0 atom stereocenters. The number of aromatic nitrogens is 2. The maximum absolute atomic E-state index is 5.93. The summed E-state index contributed by atoms with van der Waals surface area (Å²) in [4.78, 5) is 9.61. The van der Waals surface area contributed by atoms with Gasteiger partial charge in [0.25, 0.3) is 0 Å². The molecular formula is C14H17N3S. The van der Waals surface area contributed by atoms with E-state index in [1.54, 1.807) is 11.8 Å². The van der Waals surface area contributed by atoms with E-state index in [1.807, 2.05) is 0 Å². The molecule has 0 bridgehead atoms. The third-order valence-electron chi connectivity index (χ3n) is 2.64. The summed E-state index contributed by atoms with van der Waals surface area (Å²) in [6.07, 6.45) is 3.49. The minimum atomic E-state index is 0.599. The maximum Gasteiger partial charge on any atom is 0.131 e. The van der Waals surface area contributed by atoms with Gasteiger partial charge in [-0.05, 0) is 25.5 Å². The van der Waals surface area contributed by atoms with Gasteiger partial charge in [-0.2, -0.15) is 0 Å². The molecular weight excluding hydrogens is 242 g/mol. The van der Waals surface area contributed by atoms with Crippen LogP contribution in [0.4, 0.5) is 5.82 Å². The topological polar surface area (TPSA) is 51.8 Å². The normalized spacial score (nSPS) is 10.6. The lowest BCUT2D eigenvalue weighted by Gasteiger charge is -2.09. The van der Waals surface area contributed by atoms with Crippen molar-refractivity contribution in [2.75, 3.05) is 5.73 Å². The van der Waals surface area contributed by atoms with Crippen LogP contribution in [0.25, 0.3) is 0 Å². The molecule has 0 saturated heterocycles. The number of rotatable bonds is 4. The molecule has 0 aliphatic carbocycles. The van der Waals surface area contributed by atoms with Gasteiger partial charge in [0.05, 0.1) is 0 Å². The second-order valence-electron chi connectivity index (χ2n) is 4.21. The van der Waals surface area contributed by atoms with E-state index >= 15 is 0 Å². The monoisotopic (exact) mass is 259 g/mol. The van der Waals surface area contributed by atoms with Crippen molar-refractivity contribution in [3.8, 4) is 0 Å². The Morgan fingerprint density at radius 1 is 1.28 bits per heavy atom. The molecule has 2 aromatic rings. The van der Waals surface area contributed by atoms with Gasteiger partial charge in [0.1, 0.15) is 17.2 Å². The highest BCUT2D eigenvalue weighted by atomic mass is 32.2. The Labute approximate surface area is 112 Å². The quantitative estimate of drug-likeness (QED) is 0.854. The summed E-state index contributed by atoms with van der Waals surface area (Å²) in [6, 6.07) is 8.39. The minimum absolute atomic E-state index is 0.599. The molecule has 1 heterocycles. The van der Waals surface area contributed by atoms with Crippen LogP contribution in [-0.2, 0) is 6.42 Å². The molecule has 0 radical (unpaired) electrons. The van der Waals surface area contributed by atoms with Crippen LogP contribution in [0, 0.1) is 6.92 Å². The molecule has 0 amide bonds. The first-order valence-electron chi connectivity index (χ1n) is 6.04. The Morgan fingerprint density at radius 3 is 2.83 bits per heavy atom. The Kier molecular flexibility index (Phi) is 4.20. The van der Waals surface area contributed by atoms with E-state index in [2.05, 4.69) is 48.1 Å². The Bertz CT molecular complexity index is 540. The van der Waals surface area contributed by atoms with Gasteiger partial charge in [0, 0.05) is 10.5 Å². The van der Waals surface area contributed by atoms with Gasteiger partial charge in [-0.25, -0.2) is 9.97 Å². The van der Waals surface area contributed by atoms with Crippen molar-refractivity contribution in [1.82, 2.24) is 9.97 Å². The van der Waals surface area contributed by atoms with Gasteiger partial charge in [-0.1, -0.05) is 42.8 Å². The van der Waals surface area contributed by atoms with E-state index in [0.717, 1.165) is 23.4 Å². The van der Waals surface area contributed by atoms with Gasteiger partial charge in [0.2, 0.25) is 0 Å². The van der Waals surface area contributed by atoms with Crippen molar-refractivity contribution in [3.05, 3.63) is 41.7 Å². The molecule has 2 N–H and O–H groups in total. The number of nitrogen functional groups attached to an aromatic ring is 1. The lowest BCUT2D eigenvalue weighted by atomic mass is 10.2. The first kappa shape index (κ1) is 12.9. The number of aryl methyl sites for hydroxylation is 1. The fourth-order valence-corrected chi connectivity index (χ4v) is 2.82. The molecule has 0 unspecified atom stereocenters. The first-order valence-corrected chi connectivity index (χ1v) is 6.86. The Hall–Kier alpha value is -1.55. The van der Waals surface area contributed by atoms with Crippen LogP contribution < -0.4 is 5.73 Å². The highest BCUT2D eigenvalue weighted by molar-refractivity contribution is 7.99. The van der Waals surface area contributed by atoms with E-state index in [-0.39, 0.29) is 0 Å². The molecule has 0 spiro atoms. The SMILES string of the molecule is CCCc1c(N)ncnc1Sc1cccc(C)c1. The summed E-state index contributed by atoms with van der Waals surface area (Å²) in [5.41, 5.74) is 8.24. The van der Waals surface area contributed by atoms with Crippen molar-refractivity contribution >= 4 is 17.6 Å². The summed E-state index contributed by atoms with van der Waals surface area (Å²) in [5.74, 6) is 0.599. The molecule has 3 nitrogen and oxygen atoms in total. The smallest absolute Gasteiger partial charge is 0.131 e. The van der Waals surface area contributed by atoms with Gasteiger partial charge in [-0.3, -0.25) is 0 Å². The summed E-state index contributed by atoms with van der Waals surface area (Å²) < 4.78 is 0. The molecule has 2 rings (SSSR count). The largest absolute Gasteiger partial charge is 0.383 e. The molecule has 94 valence electrons. The second-order valence-corrected chi connectivity index (χ2v) is 5.27. The summed E-state index contributed by atoms with van der Waals surface area (Å²) in [5, 5.41) is 0.968. The highest BCUT2D eigenvalue weighted by Gasteiger charge is 2.09. The third kappa shape index (κ3) is 3.01. The van der Waals surface area contributed by atoms with Crippen LogP contribution in [-0.4, -0.2) is 9.97 Å². The van der Waals surface area contributed by atoms with Crippen molar-refractivity contribution in [2.24, 2.45) is 0 Å². The van der Waals surface area contributed by atoms with E-state index in [1.165, 1.54) is 16.8 Å². The number of nitrogens with zero attached hydrogens (tertiary/aromatic N) is 2. The molecule has 1 aromatic carbocycles. The van der Waals surface area contributed by atoms with Gasteiger partial charge >= 0.3 is 0 Å². The molecule has 18 heavy (non-hydrogen) atoms. The van der Waals surface area contributed by atoms with E-state index < -0.39 is 0 Å². The summed E-state index contributed by atoms with van der Waals surface area (Å²) in [7, 11) is 0. The van der Waals surface area contributed by atoms with Crippen molar-refractivity contribution in [1.29, 1.82) is 0 Å². The first-order chi connectivity index (χ1) is 8.70. The zero-order chi connectivity index (χ0) is 13.0. The average Bonchev–Trinajstić information content (AvgIpc) is 2.34. The van der Waals surface area contributed by atoms with E-state index in [4.69, 9.17) is 5.73 Å². The maximum atomic E-state index is 5.93. The van der Waals surface area contributed by atoms with Crippen LogP contribution in [0.5, 0.6) is 0 Å². The van der Waals surface area contributed by atoms with Crippen LogP contribution in [0.3, 0.4) is 0 Å². The van der Waals surface area contributed by atoms with Crippen LogP contribution >= 0.6 is 11.8 Å². The average molecular weight is 259 g/mol. The van der Waals surface area contributed by atoms with E-state index in [0.29, 0.717) is 5.82 Å². The number of nitrogens with two attached hydrogens (primary N) is 1. The fourth-order valence-electron chi connectivity index (χ4n) is 1.77. The van der Waals surface area contributed by atoms with Crippen molar-refractivity contribution in [2.45, 2.75) is 36.6 Å². The molecule has 0 aliphatic heterocycles. The summed E-state index contributed by atoms with van der Waals surface area (Å²) >= 11 is 1.65. The lowest BCUT2D eigenvalue weighted by Crippen LogP contribution is -2.01. The third-order valence-corrected chi connectivity index (χ3v) is 3.68. The van der Waals surface area contributed by atoms with Gasteiger partial charge < -0.3 is 5.73 Å². The van der Waals surface area contributed by atoms with Crippen molar-refractivity contribution in [3.63, 3.8) is 0 Å². The minimum Gasteiger partial charge on any atom is -0.383 e. The fraction of sp³-hybridized carbons (Fsp3) is 0.286. The predicted molar refractivity (Wildman–Crippen MR) is 75.7 cm³/mol. The van der Waals surface area contributed by atoms with Gasteiger partial charge in [-0.15, -0.1) is 0 Å².